The predicted molar refractivity (Wildman–Crippen MR) is 93.7 cm³/mol. The van der Waals surface area contributed by atoms with Crippen molar-refractivity contribution in [2.75, 3.05) is 5.32 Å². The highest BCUT2D eigenvalue weighted by Gasteiger charge is 2.25. The van der Waals surface area contributed by atoms with Crippen LogP contribution in [0.3, 0.4) is 0 Å². The molecule has 1 amide bonds. The number of ketones is 1. The zero-order valence-corrected chi connectivity index (χ0v) is 13.9. The van der Waals surface area contributed by atoms with E-state index in [1.165, 1.54) is 6.92 Å². The zero-order valence-electron chi connectivity index (χ0n) is 13.9. The summed E-state index contributed by atoms with van der Waals surface area (Å²) in [6.45, 7) is 5.69. The summed E-state index contributed by atoms with van der Waals surface area (Å²) in [5, 5.41) is 2.96. The van der Waals surface area contributed by atoms with E-state index in [9.17, 15) is 9.59 Å². The first-order valence-corrected chi connectivity index (χ1v) is 7.99. The van der Waals surface area contributed by atoms with E-state index in [2.05, 4.69) is 19.2 Å². The molecule has 2 rings (SSSR count). The van der Waals surface area contributed by atoms with Crippen LogP contribution < -0.4 is 5.32 Å². The minimum Gasteiger partial charge on any atom is -0.326 e. The fourth-order valence-electron chi connectivity index (χ4n) is 2.67. The van der Waals surface area contributed by atoms with Gasteiger partial charge in [0.2, 0.25) is 5.91 Å². The van der Waals surface area contributed by atoms with Crippen LogP contribution in [0.25, 0.3) is 0 Å². The van der Waals surface area contributed by atoms with Gasteiger partial charge in [0.1, 0.15) is 0 Å². The molecule has 1 N–H and O–H groups in total. The maximum atomic E-state index is 12.8. The summed E-state index contributed by atoms with van der Waals surface area (Å²) < 4.78 is 0. The molecule has 2 aromatic rings. The molecule has 2 aromatic carbocycles. The molecule has 3 nitrogen and oxygen atoms in total. The number of hydrogen-bond acceptors (Lipinski definition) is 2. The highest BCUT2D eigenvalue weighted by Crippen LogP contribution is 2.28. The molecule has 0 radical (unpaired) electrons. The molecule has 23 heavy (non-hydrogen) atoms. The van der Waals surface area contributed by atoms with Gasteiger partial charge in [-0.25, -0.2) is 0 Å². The lowest BCUT2D eigenvalue weighted by Gasteiger charge is -2.23. The molecule has 0 saturated heterocycles. The molecule has 120 valence electrons. The van der Waals surface area contributed by atoms with E-state index < -0.39 is 0 Å². The van der Waals surface area contributed by atoms with Crippen LogP contribution in [0.2, 0.25) is 0 Å². The number of benzene rings is 2. The highest BCUT2D eigenvalue weighted by molar-refractivity contribution is 5.99. The largest absolute Gasteiger partial charge is 0.326 e. The zero-order chi connectivity index (χ0) is 16.8. The first kappa shape index (κ1) is 16.9. The van der Waals surface area contributed by atoms with Gasteiger partial charge in [-0.2, -0.15) is 0 Å². The Morgan fingerprint density at radius 1 is 1.04 bits per heavy atom. The average molecular weight is 309 g/mol. The van der Waals surface area contributed by atoms with Crippen molar-refractivity contribution in [3.05, 3.63) is 65.7 Å². The van der Waals surface area contributed by atoms with E-state index in [4.69, 9.17) is 0 Å². The van der Waals surface area contributed by atoms with Crippen LogP contribution >= 0.6 is 0 Å². The number of amides is 1. The lowest BCUT2D eigenvalue weighted by molar-refractivity contribution is -0.118. The van der Waals surface area contributed by atoms with E-state index in [1.54, 1.807) is 18.2 Å². The summed E-state index contributed by atoms with van der Waals surface area (Å²) in [7, 11) is 0. The lowest BCUT2D eigenvalue weighted by atomic mass is 9.85. The molecular weight excluding hydrogens is 286 g/mol. The van der Waals surface area contributed by atoms with Crippen molar-refractivity contribution < 1.29 is 9.59 Å². The molecule has 0 heterocycles. The third-order valence-electron chi connectivity index (χ3n) is 4.19. The van der Waals surface area contributed by atoms with Crippen LogP contribution in [0.4, 0.5) is 5.69 Å². The molecular formula is C20H23NO2. The maximum absolute atomic E-state index is 12.8. The van der Waals surface area contributed by atoms with Gasteiger partial charge in [-0.15, -0.1) is 0 Å². The van der Waals surface area contributed by atoms with Crippen molar-refractivity contribution in [2.45, 2.75) is 33.1 Å². The number of anilines is 1. The first-order valence-electron chi connectivity index (χ1n) is 7.99. The maximum Gasteiger partial charge on any atom is 0.232 e. The molecule has 0 aliphatic heterocycles. The van der Waals surface area contributed by atoms with Gasteiger partial charge >= 0.3 is 0 Å². The van der Waals surface area contributed by atoms with Gasteiger partial charge in [0, 0.05) is 11.3 Å². The molecule has 0 fully saturated rings. The van der Waals surface area contributed by atoms with Crippen LogP contribution in [0, 0.1) is 5.92 Å². The number of Topliss-reactive ketones (excluding diaryl/α,β-unsaturated/α-hetero) is 1. The quantitative estimate of drug-likeness (QED) is 0.789. The molecule has 3 heteroatoms. The van der Waals surface area contributed by atoms with Crippen molar-refractivity contribution >= 4 is 17.4 Å². The van der Waals surface area contributed by atoms with Crippen molar-refractivity contribution in [1.82, 2.24) is 0 Å². The number of carbonyl (C=O) groups excluding carboxylic acids is 2. The Kier molecular flexibility index (Phi) is 5.69. The average Bonchev–Trinajstić information content (AvgIpc) is 2.56. The number of carbonyl (C=O) groups is 2. The fourth-order valence-corrected chi connectivity index (χ4v) is 2.67. The minimum atomic E-state index is -0.206. The van der Waals surface area contributed by atoms with Crippen LogP contribution in [-0.4, -0.2) is 11.7 Å². The van der Waals surface area contributed by atoms with Crippen LogP contribution in [0.15, 0.2) is 54.6 Å². The number of rotatable bonds is 6. The van der Waals surface area contributed by atoms with Crippen molar-refractivity contribution in [1.29, 1.82) is 0 Å². The van der Waals surface area contributed by atoms with Gasteiger partial charge in [-0.1, -0.05) is 62.7 Å². The van der Waals surface area contributed by atoms with Crippen molar-refractivity contribution in [3.63, 3.8) is 0 Å². The van der Waals surface area contributed by atoms with Crippen LogP contribution in [0.1, 0.15) is 49.0 Å². The van der Waals surface area contributed by atoms with Gasteiger partial charge in [0.15, 0.2) is 5.78 Å². The normalized spacial score (nSPS) is 13.2. The van der Waals surface area contributed by atoms with Crippen LogP contribution in [0.5, 0.6) is 0 Å². The molecule has 0 aromatic heterocycles. The van der Waals surface area contributed by atoms with Gasteiger partial charge in [0.05, 0.1) is 5.92 Å². The minimum absolute atomic E-state index is 0.0114. The van der Waals surface area contributed by atoms with Crippen LogP contribution in [-0.2, 0) is 4.79 Å². The molecule has 0 spiro atoms. The van der Waals surface area contributed by atoms with E-state index in [1.807, 2.05) is 36.4 Å². The van der Waals surface area contributed by atoms with E-state index >= 15 is 0 Å². The molecule has 0 bridgehead atoms. The lowest BCUT2D eigenvalue weighted by Crippen LogP contribution is -2.26. The summed E-state index contributed by atoms with van der Waals surface area (Å²) in [5.41, 5.74) is 2.27. The molecule has 0 aliphatic carbocycles. The second-order valence-electron chi connectivity index (χ2n) is 5.90. The number of nitrogens with one attached hydrogen (secondary N) is 1. The Morgan fingerprint density at radius 2 is 1.74 bits per heavy atom. The standard InChI is InChI=1S/C20H23NO2/c1-4-14(2)19(16-9-6-5-7-10-16)20(23)21-18-12-8-11-17(13-18)15(3)22/h5-14,19H,4H2,1-3H3,(H,21,23)/t14-,19+/m1/s1. The Morgan fingerprint density at radius 3 is 2.35 bits per heavy atom. The second-order valence-corrected chi connectivity index (χ2v) is 5.90. The van der Waals surface area contributed by atoms with Gasteiger partial charge in [-0.3, -0.25) is 9.59 Å². The third-order valence-corrected chi connectivity index (χ3v) is 4.19. The Labute approximate surface area is 137 Å². The summed E-state index contributed by atoms with van der Waals surface area (Å²) in [5.74, 6) is -0.0236. The highest BCUT2D eigenvalue weighted by atomic mass is 16.2. The molecule has 0 aliphatic rings. The third kappa shape index (κ3) is 4.28. The fraction of sp³-hybridized carbons (Fsp3) is 0.300. The van der Waals surface area contributed by atoms with Crippen molar-refractivity contribution in [3.8, 4) is 0 Å². The van der Waals surface area contributed by atoms with Gasteiger partial charge < -0.3 is 5.32 Å². The topological polar surface area (TPSA) is 46.2 Å². The summed E-state index contributed by atoms with van der Waals surface area (Å²) in [6.07, 6.45) is 0.917. The Balaban J connectivity index is 2.25. The number of hydrogen-bond donors (Lipinski definition) is 1. The molecule has 0 saturated carbocycles. The summed E-state index contributed by atoms with van der Waals surface area (Å²) in [6, 6.07) is 16.9. The SMILES string of the molecule is CC[C@@H](C)[C@H](C(=O)Nc1cccc(C(C)=O)c1)c1ccccc1. The first-order chi connectivity index (χ1) is 11.0. The monoisotopic (exact) mass is 309 g/mol. The summed E-state index contributed by atoms with van der Waals surface area (Å²) >= 11 is 0. The Bertz CT molecular complexity index is 679. The Hall–Kier alpha value is -2.42. The molecule has 0 unspecified atom stereocenters. The van der Waals surface area contributed by atoms with E-state index in [-0.39, 0.29) is 23.5 Å². The van der Waals surface area contributed by atoms with Gasteiger partial charge in [-0.05, 0) is 30.5 Å². The molecule has 2 atom stereocenters. The smallest absolute Gasteiger partial charge is 0.232 e. The second kappa shape index (κ2) is 7.73. The summed E-state index contributed by atoms with van der Waals surface area (Å²) in [4.78, 5) is 24.3. The van der Waals surface area contributed by atoms with Gasteiger partial charge in [0.25, 0.3) is 0 Å². The van der Waals surface area contributed by atoms with Crippen molar-refractivity contribution in [2.24, 2.45) is 5.92 Å². The van der Waals surface area contributed by atoms with E-state index in [0.29, 0.717) is 11.3 Å². The van der Waals surface area contributed by atoms with E-state index in [0.717, 1.165) is 12.0 Å². The predicted octanol–water partition coefficient (Wildman–Crippen LogP) is 4.66.